The summed E-state index contributed by atoms with van der Waals surface area (Å²) in [5.74, 6) is -0.274. The van der Waals surface area contributed by atoms with Crippen molar-refractivity contribution in [1.82, 2.24) is 24.1 Å². The summed E-state index contributed by atoms with van der Waals surface area (Å²) in [6.07, 6.45) is 6.54. The Morgan fingerprint density at radius 3 is 3.12 bits per heavy atom. The van der Waals surface area contributed by atoms with Gasteiger partial charge < -0.3 is 5.32 Å². The first-order valence-electron chi connectivity index (χ1n) is 7.42. The lowest BCUT2D eigenvalue weighted by Crippen LogP contribution is -2.08. The van der Waals surface area contributed by atoms with E-state index >= 15 is 0 Å². The number of aromatic nitrogens is 5. The molecule has 0 saturated carbocycles. The molecule has 0 saturated heterocycles. The van der Waals surface area contributed by atoms with Crippen LogP contribution in [-0.4, -0.2) is 30.1 Å². The van der Waals surface area contributed by atoms with Gasteiger partial charge in [-0.25, -0.2) is 9.97 Å². The highest BCUT2D eigenvalue weighted by Gasteiger charge is 2.10. The van der Waals surface area contributed by atoms with E-state index in [9.17, 15) is 4.79 Å². The smallest absolute Gasteiger partial charge is 0.248 e. The normalized spacial score (nSPS) is 11.8. The number of carbonyl (C=O) groups excluding carboxylic acids is 1. The van der Waals surface area contributed by atoms with Crippen molar-refractivity contribution in [3.05, 3.63) is 46.5 Å². The van der Waals surface area contributed by atoms with Crippen LogP contribution >= 0.6 is 22.9 Å². The van der Waals surface area contributed by atoms with Gasteiger partial charge in [-0.1, -0.05) is 11.6 Å². The molecule has 4 aromatic rings. The van der Waals surface area contributed by atoms with E-state index in [1.54, 1.807) is 17.0 Å². The predicted molar refractivity (Wildman–Crippen MR) is 99.0 cm³/mol. The quantitative estimate of drug-likeness (QED) is 0.560. The van der Waals surface area contributed by atoms with Crippen LogP contribution in [0.15, 0.2) is 29.9 Å². The van der Waals surface area contributed by atoms with Crippen molar-refractivity contribution in [3.8, 4) is 0 Å². The van der Waals surface area contributed by atoms with E-state index in [1.807, 2.05) is 36.0 Å². The number of rotatable bonds is 3. The Hall–Kier alpha value is -2.71. The number of carbonyl (C=O) groups is 1. The highest BCUT2D eigenvalue weighted by molar-refractivity contribution is 7.15. The van der Waals surface area contributed by atoms with Crippen molar-refractivity contribution in [2.75, 3.05) is 5.32 Å². The number of fused-ring (bicyclic) bond motifs is 2. The van der Waals surface area contributed by atoms with Crippen LogP contribution in [0.3, 0.4) is 0 Å². The van der Waals surface area contributed by atoms with Gasteiger partial charge in [0.15, 0.2) is 15.8 Å². The minimum Gasteiger partial charge on any atom is -0.321 e. The van der Waals surface area contributed by atoms with Gasteiger partial charge in [-0.3, -0.25) is 13.9 Å². The minimum atomic E-state index is -0.274. The summed E-state index contributed by atoms with van der Waals surface area (Å²) in [4.78, 5) is 21.6. The molecular formula is C16H13ClN6OS. The van der Waals surface area contributed by atoms with E-state index in [2.05, 4.69) is 20.4 Å². The monoisotopic (exact) mass is 372 g/mol. The molecule has 4 rings (SSSR count). The highest BCUT2D eigenvalue weighted by Crippen LogP contribution is 2.23. The first-order chi connectivity index (χ1) is 12.0. The maximum absolute atomic E-state index is 12.2. The number of hydrogen-bond acceptors (Lipinski definition) is 5. The topological polar surface area (TPSA) is 77.1 Å². The standard InChI is InChI=1S/C16H13ClN6OS/c1-9-11-7-10(8-18-15(11)22(2)21-9)19-13(24)4-3-12-14(17)20-16-23(12)5-6-25-16/h3-8H,1-2H3,(H,19,24)/b4-3-. The SMILES string of the molecule is Cc1nn(C)c2ncc(NC(=O)/C=C\c3c(Cl)nc4sccn34)cc12. The molecule has 0 atom stereocenters. The number of nitrogens with one attached hydrogen (secondary N) is 1. The van der Waals surface area contributed by atoms with Crippen LogP contribution in [0, 0.1) is 6.92 Å². The molecule has 25 heavy (non-hydrogen) atoms. The van der Waals surface area contributed by atoms with Crippen LogP contribution < -0.4 is 5.32 Å². The lowest BCUT2D eigenvalue weighted by Gasteiger charge is -2.02. The van der Waals surface area contributed by atoms with Gasteiger partial charge in [0.05, 0.1) is 23.3 Å². The molecule has 0 bridgehead atoms. The molecule has 7 nitrogen and oxygen atoms in total. The van der Waals surface area contributed by atoms with Crippen molar-refractivity contribution in [1.29, 1.82) is 0 Å². The third kappa shape index (κ3) is 2.79. The summed E-state index contributed by atoms with van der Waals surface area (Å²) in [7, 11) is 1.84. The van der Waals surface area contributed by atoms with Gasteiger partial charge in [0.2, 0.25) is 5.91 Å². The molecule has 0 aliphatic heterocycles. The molecule has 0 unspecified atom stereocenters. The Labute approximate surface area is 151 Å². The summed E-state index contributed by atoms with van der Waals surface area (Å²) in [5, 5.41) is 10.3. The summed E-state index contributed by atoms with van der Waals surface area (Å²) in [6.45, 7) is 1.91. The second-order valence-corrected chi connectivity index (χ2v) is 6.70. The van der Waals surface area contributed by atoms with Crippen LogP contribution in [-0.2, 0) is 11.8 Å². The first kappa shape index (κ1) is 15.8. The van der Waals surface area contributed by atoms with Gasteiger partial charge in [0, 0.05) is 30.1 Å². The zero-order valence-corrected chi connectivity index (χ0v) is 15.0. The summed E-state index contributed by atoms with van der Waals surface area (Å²) >= 11 is 7.59. The number of pyridine rings is 1. The van der Waals surface area contributed by atoms with Crippen molar-refractivity contribution >= 4 is 56.6 Å². The lowest BCUT2D eigenvalue weighted by atomic mass is 10.2. The Balaban J connectivity index is 1.57. The highest BCUT2D eigenvalue weighted by atomic mass is 35.5. The molecule has 0 aliphatic carbocycles. The molecule has 0 fully saturated rings. The van der Waals surface area contributed by atoms with Crippen LogP contribution in [0.2, 0.25) is 5.15 Å². The summed E-state index contributed by atoms with van der Waals surface area (Å²) < 4.78 is 3.55. The third-order valence-electron chi connectivity index (χ3n) is 3.78. The van der Waals surface area contributed by atoms with Crippen LogP contribution in [0.1, 0.15) is 11.4 Å². The van der Waals surface area contributed by atoms with Gasteiger partial charge in [0.25, 0.3) is 0 Å². The molecule has 9 heteroatoms. The molecule has 4 aromatic heterocycles. The third-order valence-corrected chi connectivity index (χ3v) is 4.81. The molecule has 1 N–H and O–H groups in total. The first-order valence-corrected chi connectivity index (χ1v) is 8.68. The number of aryl methyl sites for hydroxylation is 2. The molecule has 0 radical (unpaired) electrons. The Kier molecular flexibility index (Phi) is 3.78. The van der Waals surface area contributed by atoms with E-state index < -0.39 is 0 Å². The fourth-order valence-corrected chi connectivity index (χ4v) is 3.65. The number of imidazole rings is 1. The number of anilines is 1. The number of halogens is 1. The van der Waals surface area contributed by atoms with Crippen LogP contribution in [0.25, 0.3) is 22.1 Å². The molecule has 1 amide bonds. The molecule has 126 valence electrons. The lowest BCUT2D eigenvalue weighted by molar-refractivity contribution is -0.111. The predicted octanol–water partition coefficient (Wildman–Crippen LogP) is 3.29. The Bertz CT molecular complexity index is 1140. The van der Waals surface area contributed by atoms with Crippen molar-refractivity contribution in [2.24, 2.45) is 7.05 Å². The molecule has 0 aromatic carbocycles. The largest absolute Gasteiger partial charge is 0.321 e. The molecule has 0 aliphatic rings. The van der Waals surface area contributed by atoms with Gasteiger partial charge in [-0.2, -0.15) is 5.10 Å². The molecule has 0 spiro atoms. The van der Waals surface area contributed by atoms with Gasteiger partial charge in [-0.05, 0) is 19.1 Å². The molecular weight excluding hydrogens is 360 g/mol. The number of amides is 1. The zero-order chi connectivity index (χ0) is 17.6. The van der Waals surface area contributed by atoms with Crippen molar-refractivity contribution in [2.45, 2.75) is 6.92 Å². The number of hydrogen-bond donors (Lipinski definition) is 1. The fraction of sp³-hybridized carbons (Fsp3) is 0.125. The van der Waals surface area contributed by atoms with Gasteiger partial charge in [0.1, 0.15) is 0 Å². The van der Waals surface area contributed by atoms with E-state index in [4.69, 9.17) is 11.6 Å². The average molecular weight is 373 g/mol. The second-order valence-electron chi connectivity index (χ2n) is 5.47. The Morgan fingerprint density at radius 2 is 2.28 bits per heavy atom. The summed E-state index contributed by atoms with van der Waals surface area (Å²) in [5.41, 5.74) is 2.92. The van der Waals surface area contributed by atoms with Crippen molar-refractivity contribution in [3.63, 3.8) is 0 Å². The average Bonchev–Trinajstić information content (AvgIpc) is 3.20. The minimum absolute atomic E-state index is 0.274. The second kappa shape index (κ2) is 5.98. The number of thiazole rings is 1. The maximum Gasteiger partial charge on any atom is 0.248 e. The molecule has 4 heterocycles. The fourth-order valence-electron chi connectivity index (χ4n) is 2.64. The maximum atomic E-state index is 12.2. The van der Waals surface area contributed by atoms with E-state index in [1.165, 1.54) is 17.4 Å². The van der Waals surface area contributed by atoms with Gasteiger partial charge in [-0.15, -0.1) is 11.3 Å². The van der Waals surface area contributed by atoms with E-state index in [0.29, 0.717) is 16.5 Å². The van der Waals surface area contributed by atoms with Crippen LogP contribution in [0.4, 0.5) is 5.69 Å². The summed E-state index contributed by atoms with van der Waals surface area (Å²) in [6, 6.07) is 1.86. The number of nitrogens with zero attached hydrogens (tertiary/aromatic N) is 5. The van der Waals surface area contributed by atoms with E-state index in [-0.39, 0.29) is 5.91 Å². The zero-order valence-electron chi connectivity index (χ0n) is 13.4. The van der Waals surface area contributed by atoms with Crippen LogP contribution in [0.5, 0.6) is 0 Å². The van der Waals surface area contributed by atoms with Gasteiger partial charge >= 0.3 is 0 Å². The van der Waals surface area contributed by atoms with Crippen molar-refractivity contribution < 1.29 is 4.79 Å². The Morgan fingerprint density at radius 1 is 1.44 bits per heavy atom. The van der Waals surface area contributed by atoms with E-state index in [0.717, 1.165) is 21.7 Å².